The SMILES string of the molecule is Cc1c(NC(=O)c2ccco2)cc2c(c1[N+](=O)[O-])C(C)(C)CC2(C)C. The Labute approximate surface area is 146 Å². The predicted octanol–water partition coefficient (Wildman–Crippen LogP) is 4.71. The smallest absolute Gasteiger partial charge is 0.291 e. The van der Waals surface area contributed by atoms with Gasteiger partial charge in [0.25, 0.3) is 11.6 Å². The lowest BCUT2D eigenvalue weighted by atomic mass is 9.81. The molecule has 1 N–H and O–H groups in total. The van der Waals surface area contributed by atoms with Gasteiger partial charge in [0.05, 0.1) is 22.4 Å². The minimum absolute atomic E-state index is 0.0998. The third-order valence-electron chi connectivity index (χ3n) is 5.02. The number of benzene rings is 1. The van der Waals surface area contributed by atoms with E-state index in [2.05, 4.69) is 19.2 Å². The summed E-state index contributed by atoms with van der Waals surface area (Å²) in [6, 6.07) is 5.06. The van der Waals surface area contributed by atoms with Crippen LogP contribution < -0.4 is 5.32 Å². The van der Waals surface area contributed by atoms with Crippen LogP contribution in [-0.4, -0.2) is 10.8 Å². The van der Waals surface area contributed by atoms with Gasteiger partial charge in [-0.25, -0.2) is 0 Å². The Hall–Kier alpha value is -2.63. The Kier molecular flexibility index (Phi) is 3.74. The molecule has 0 fully saturated rings. The standard InChI is InChI=1S/C19H22N2O4/c1-11-13(20-17(22)14-7-6-8-25-14)9-12-15(16(11)21(23)24)19(4,5)10-18(12,2)3/h6-9H,10H2,1-5H3,(H,20,22). The second-order valence-corrected chi connectivity index (χ2v) is 7.95. The fourth-order valence-corrected chi connectivity index (χ4v) is 4.22. The maximum atomic E-state index is 12.3. The first-order valence-corrected chi connectivity index (χ1v) is 8.22. The molecule has 25 heavy (non-hydrogen) atoms. The molecule has 0 saturated carbocycles. The molecule has 0 radical (unpaired) electrons. The van der Waals surface area contributed by atoms with Gasteiger partial charge in [0, 0.05) is 5.56 Å². The second-order valence-electron chi connectivity index (χ2n) is 7.95. The van der Waals surface area contributed by atoms with Crippen LogP contribution in [-0.2, 0) is 10.8 Å². The molecule has 0 aliphatic heterocycles. The molecule has 0 spiro atoms. The van der Waals surface area contributed by atoms with E-state index in [9.17, 15) is 14.9 Å². The van der Waals surface area contributed by atoms with Gasteiger partial charge >= 0.3 is 0 Å². The number of carbonyl (C=O) groups is 1. The third-order valence-corrected chi connectivity index (χ3v) is 5.02. The number of nitrogens with zero attached hydrogens (tertiary/aromatic N) is 1. The number of carbonyl (C=O) groups excluding carboxylic acids is 1. The molecule has 0 unspecified atom stereocenters. The molecule has 1 aliphatic carbocycles. The van der Waals surface area contributed by atoms with Gasteiger partial charge in [0.2, 0.25) is 0 Å². The van der Waals surface area contributed by atoms with Crippen molar-refractivity contribution >= 4 is 17.3 Å². The molecule has 0 atom stereocenters. The number of hydrogen-bond donors (Lipinski definition) is 1. The van der Waals surface area contributed by atoms with E-state index in [0.717, 1.165) is 17.5 Å². The van der Waals surface area contributed by atoms with Crippen molar-refractivity contribution in [2.45, 2.75) is 51.9 Å². The minimum atomic E-state index is -0.419. The zero-order valence-corrected chi connectivity index (χ0v) is 15.1. The second kappa shape index (κ2) is 5.44. The number of hydrogen-bond acceptors (Lipinski definition) is 4. The predicted molar refractivity (Wildman–Crippen MR) is 95.2 cm³/mol. The van der Waals surface area contributed by atoms with E-state index >= 15 is 0 Å². The molecule has 3 rings (SSSR count). The fraction of sp³-hybridized carbons (Fsp3) is 0.421. The molecule has 1 heterocycles. The summed E-state index contributed by atoms with van der Waals surface area (Å²) in [4.78, 5) is 23.8. The molecule has 2 aromatic rings. The fourth-order valence-electron chi connectivity index (χ4n) is 4.22. The van der Waals surface area contributed by atoms with Crippen molar-refractivity contribution in [3.8, 4) is 0 Å². The Morgan fingerprint density at radius 2 is 1.96 bits per heavy atom. The number of nitrogens with one attached hydrogen (secondary N) is 1. The van der Waals surface area contributed by atoms with Crippen LogP contribution in [0.15, 0.2) is 28.9 Å². The largest absolute Gasteiger partial charge is 0.459 e. The Balaban J connectivity index is 2.18. The summed E-state index contributed by atoms with van der Waals surface area (Å²) in [5, 5.41) is 14.6. The highest BCUT2D eigenvalue weighted by molar-refractivity contribution is 6.03. The molecule has 1 aromatic carbocycles. The van der Waals surface area contributed by atoms with Gasteiger partial charge in [0.1, 0.15) is 0 Å². The molecule has 132 valence electrons. The zero-order valence-electron chi connectivity index (χ0n) is 15.1. The van der Waals surface area contributed by atoms with E-state index in [0.29, 0.717) is 11.3 Å². The van der Waals surface area contributed by atoms with Crippen LogP contribution in [0.1, 0.15) is 61.4 Å². The van der Waals surface area contributed by atoms with Crippen LogP contribution in [0.5, 0.6) is 0 Å². The molecule has 1 aliphatic rings. The molecule has 0 bridgehead atoms. The summed E-state index contributed by atoms with van der Waals surface area (Å²) in [7, 11) is 0. The molecule has 6 nitrogen and oxygen atoms in total. The quantitative estimate of drug-likeness (QED) is 0.646. The summed E-state index contributed by atoms with van der Waals surface area (Å²) >= 11 is 0. The summed E-state index contributed by atoms with van der Waals surface area (Å²) < 4.78 is 5.11. The molecular weight excluding hydrogens is 320 g/mol. The van der Waals surface area contributed by atoms with E-state index in [-0.39, 0.29) is 27.2 Å². The molecule has 0 saturated heterocycles. The van der Waals surface area contributed by atoms with E-state index in [1.54, 1.807) is 19.1 Å². The molecule has 1 amide bonds. The number of fused-ring (bicyclic) bond motifs is 1. The third kappa shape index (κ3) is 2.71. The normalized spacial score (nSPS) is 17.2. The van der Waals surface area contributed by atoms with Crippen LogP contribution >= 0.6 is 0 Å². The van der Waals surface area contributed by atoms with Crippen molar-refractivity contribution in [3.63, 3.8) is 0 Å². The van der Waals surface area contributed by atoms with Crippen LogP contribution in [0.25, 0.3) is 0 Å². The van der Waals surface area contributed by atoms with Crippen LogP contribution in [0, 0.1) is 17.0 Å². The molecule has 6 heteroatoms. The van der Waals surface area contributed by atoms with Crippen LogP contribution in [0.3, 0.4) is 0 Å². The number of anilines is 1. The summed E-state index contributed by atoms with van der Waals surface area (Å²) in [5.41, 5.74) is 2.22. The van der Waals surface area contributed by atoms with Crippen LogP contribution in [0.4, 0.5) is 11.4 Å². The van der Waals surface area contributed by atoms with Crippen molar-refractivity contribution in [2.75, 3.05) is 5.32 Å². The van der Waals surface area contributed by atoms with Gasteiger partial charge in [-0.2, -0.15) is 0 Å². The van der Waals surface area contributed by atoms with Gasteiger partial charge in [-0.05, 0) is 47.9 Å². The Bertz CT molecular complexity index is 864. The zero-order chi connectivity index (χ0) is 18.6. The lowest BCUT2D eigenvalue weighted by Crippen LogP contribution is -2.18. The maximum Gasteiger partial charge on any atom is 0.291 e. The first-order chi connectivity index (χ1) is 11.5. The van der Waals surface area contributed by atoms with E-state index in [4.69, 9.17) is 4.42 Å². The number of nitro benzene ring substituents is 1. The van der Waals surface area contributed by atoms with Gasteiger partial charge in [0.15, 0.2) is 5.76 Å². The average molecular weight is 342 g/mol. The molecule has 1 aromatic heterocycles. The lowest BCUT2D eigenvalue weighted by molar-refractivity contribution is -0.386. The molecular formula is C19H22N2O4. The topological polar surface area (TPSA) is 85.4 Å². The van der Waals surface area contributed by atoms with Crippen LogP contribution in [0.2, 0.25) is 0 Å². The number of rotatable bonds is 3. The van der Waals surface area contributed by atoms with Gasteiger partial charge in [-0.1, -0.05) is 27.7 Å². The lowest BCUT2D eigenvalue weighted by Gasteiger charge is -2.22. The monoisotopic (exact) mass is 342 g/mol. The van der Waals surface area contributed by atoms with Crippen molar-refractivity contribution < 1.29 is 14.1 Å². The van der Waals surface area contributed by atoms with E-state index in [1.807, 2.05) is 19.9 Å². The first kappa shape index (κ1) is 17.2. The summed E-state index contributed by atoms with van der Waals surface area (Å²) in [6.45, 7) is 9.91. The highest BCUT2D eigenvalue weighted by atomic mass is 16.6. The maximum absolute atomic E-state index is 12.3. The van der Waals surface area contributed by atoms with E-state index in [1.165, 1.54) is 6.26 Å². The van der Waals surface area contributed by atoms with E-state index < -0.39 is 5.91 Å². The van der Waals surface area contributed by atoms with Crippen molar-refractivity contribution in [3.05, 3.63) is 57.0 Å². The average Bonchev–Trinajstić information content (AvgIpc) is 3.06. The van der Waals surface area contributed by atoms with Gasteiger partial charge in [-0.3, -0.25) is 14.9 Å². The highest BCUT2D eigenvalue weighted by Gasteiger charge is 2.47. The van der Waals surface area contributed by atoms with Crippen molar-refractivity contribution in [1.29, 1.82) is 0 Å². The van der Waals surface area contributed by atoms with Crippen molar-refractivity contribution in [2.24, 2.45) is 0 Å². The van der Waals surface area contributed by atoms with Gasteiger partial charge < -0.3 is 9.73 Å². The summed E-state index contributed by atoms with van der Waals surface area (Å²) in [5.74, 6) is -0.250. The number of furan rings is 1. The minimum Gasteiger partial charge on any atom is -0.459 e. The first-order valence-electron chi connectivity index (χ1n) is 8.22. The Morgan fingerprint density at radius 1 is 1.28 bits per heavy atom. The highest BCUT2D eigenvalue weighted by Crippen LogP contribution is 2.54. The van der Waals surface area contributed by atoms with Gasteiger partial charge in [-0.15, -0.1) is 0 Å². The number of nitro groups is 1. The number of amides is 1. The summed E-state index contributed by atoms with van der Waals surface area (Å²) in [6.07, 6.45) is 2.23. The van der Waals surface area contributed by atoms with Crippen molar-refractivity contribution in [1.82, 2.24) is 0 Å². The Morgan fingerprint density at radius 3 is 2.52 bits per heavy atom.